The average molecular weight is 782 g/mol. The molecule has 0 bridgehead atoms. The number of aromatic nitrogens is 3. The van der Waals surface area contributed by atoms with Gasteiger partial charge in [-0.05, 0) is 55.0 Å². The minimum Gasteiger partial charge on any atom is -0.447 e. The summed E-state index contributed by atoms with van der Waals surface area (Å²) < 4.78 is 79.6. The van der Waals surface area contributed by atoms with E-state index in [1.807, 2.05) is 12.1 Å². The third-order valence-corrected chi connectivity index (χ3v) is 10.0. The lowest BCUT2D eigenvalue weighted by Gasteiger charge is -2.40. The zero-order valence-corrected chi connectivity index (χ0v) is 30.0. The molecule has 0 radical (unpaired) electrons. The highest BCUT2D eigenvalue weighted by Gasteiger charge is 2.47. The molecule has 13 nitrogen and oxygen atoms in total. The predicted octanol–water partition coefficient (Wildman–Crippen LogP) is 5.93. The van der Waals surface area contributed by atoms with Crippen LogP contribution in [0.15, 0.2) is 85.5 Å². The largest absolute Gasteiger partial charge is 0.469 e. The minimum absolute atomic E-state index is 0.0103. The first-order valence-electron chi connectivity index (χ1n) is 16.0. The summed E-state index contributed by atoms with van der Waals surface area (Å²) in [5.74, 6) is -3.58. The van der Waals surface area contributed by atoms with E-state index in [2.05, 4.69) is 14.6 Å². The molecule has 3 aromatic carbocycles. The van der Waals surface area contributed by atoms with Crippen molar-refractivity contribution in [2.45, 2.75) is 42.5 Å². The number of phosphoric acid groups is 1. The van der Waals surface area contributed by atoms with Gasteiger partial charge in [-0.3, -0.25) is 4.52 Å². The van der Waals surface area contributed by atoms with Gasteiger partial charge in [-0.1, -0.05) is 30.4 Å². The van der Waals surface area contributed by atoms with Crippen molar-refractivity contribution >= 4 is 31.6 Å². The summed E-state index contributed by atoms with van der Waals surface area (Å²) >= 11 is 1.22. The summed E-state index contributed by atoms with van der Waals surface area (Å²) in [6, 6.07) is 14.4. The van der Waals surface area contributed by atoms with E-state index in [0.717, 1.165) is 24.3 Å². The van der Waals surface area contributed by atoms with E-state index in [9.17, 15) is 33.2 Å². The van der Waals surface area contributed by atoms with Crippen LogP contribution in [0.1, 0.15) is 45.1 Å². The number of ether oxygens (including phenoxy) is 3. The molecule has 1 saturated heterocycles. The summed E-state index contributed by atoms with van der Waals surface area (Å²) in [6.07, 6.45) is 8.08. The highest BCUT2D eigenvalue weighted by atomic mass is 32.2. The lowest BCUT2D eigenvalue weighted by molar-refractivity contribution is -0.146. The van der Waals surface area contributed by atoms with E-state index in [1.165, 1.54) is 59.4 Å². The third kappa shape index (κ3) is 10.3. The van der Waals surface area contributed by atoms with Gasteiger partial charge in [-0.2, -0.15) is 15.6 Å². The van der Waals surface area contributed by atoms with E-state index in [-0.39, 0.29) is 53.1 Å². The molecule has 54 heavy (non-hydrogen) atoms. The number of nitriles is 2. The van der Waals surface area contributed by atoms with Gasteiger partial charge in [0.15, 0.2) is 11.9 Å². The van der Waals surface area contributed by atoms with Crippen LogP contribution in [0.4, 0.5) is 13.2 Å². The average Bonchev–Trinajstić information content (AvgIpc) is 3.66. The molecule has 1 aliphatic heterocycles. The molecule has 4 aromatic rings. The monoisotopic (exact) mass is 781 g/mol. The van der Waals surface area contributed by atoms with Gasteiger partial charge in [-0.25, -0.2) is 32.2 Å². The Morgan fingerprint density at radius 3 is 2.44 bits per heavy atom. The van der Waals surface area contributed by atoms with Crippen LogP contribution >= 0.6 is 19.6 Å². The van der Waals surface area contributed by atoms with Gasteiger partial charge in [0.1, 0.15) is 30.1 Å². The maximum atomic E-state index is 15.8. The molecule has 1 fully saturated rings. The van der Waals surface area contributed by atoms with Gasteiger partial charge < -0.3 is 24.0 Å². The van der Waals surface area contributed by atoms with Crippen LogP contribution in [0.2, 0.25) is 0 Å². The fourth-order valence-electron chi connectivity index (χ4n) is 5.46. The van der Waals surface area contributed by atoms with E-state index in [4.69, 9.17) is 19.5 Å². The second kappa shape index (κ2) is 17.8. The van der Waals surface area contributed by atoms with Crippen LogP contribution < -0.4 is 0 Å². The van der Waals surface area contributed by atoms with Crippen LogP contribution in [0, 0.1) is 40.1 Å². The number of hydrogen-bond acceptors (Lipinski definition) is 11. The Bertz CT molecular complexity index is 2160. The van der Waals surface area contributed by atoms with Crippen molar-refractivity contribution in [3.8, 4) is 12.1 Å². The molecule has 0 unspecified atom stereocenters. The number of halogens is 3. The predicted molar refractivity (Wildman–Crippen MR) is 187 cm³/mol. The quantitative estimate of drug-likeness (QED) is 0.0870. The number of carbonyl (C=O) groups is 1. The summed E-state index contributed by atoms with van der Waals surface area (Å²) in [4.78, 5) is 36.6. The van der Waals surface area contributed by atoms with Crippen LogP contribution in [0.25, 0.3) is 6.08 Å². The smallest absolute Gasteiger partial charge is 0.447 e. The Kier molecular flexibility index (Phi) is 13.2. The second-order valence-electron chi connectivity index (χ2n) is 11.8. The van der Waals surface area contributed by atoms with Gasteiger partial charge in [0.2, 0.25) is 0 Å². The van der Waals surface area contributed by atoms with Crippen LogP contribution in [0.3, 0.4) is 0 Å². The van der Waals surface area contributed by atoms with Crippen LogP contribution in [-0.4, -0.2) is 60.5 Å². The van der Waals surface area contributed by atoms with Crippen molar-refractivity contribution in [1.29, 1.82) is 10.5 Å². The van der Waals surface area contributed by atoms with Gasteiger partial charge in [0, 0.05) is 22.4 Å². The van der Waals surface area contributed by atoms with Crippen LogP contribution in [-0.2, 0) is 42.1 Å². The first-order chi connectivity index (χ1) is 25.8. The molecule has 0 spiro atoms. The third-order valence-electron chi connectivity index (χ3n) is 8.10. The Morgan fingerprint density at radius 1 is 1.07 bits per heavy atom. The standard InChI is InChI=1S/C36H31F3N5O8PS/c1-23(54-29-18-49-34(50-19-29)5-3-2-4-26-8-6-25(16-41)13-32(26)38)36(20-44-22-42-21-43-44,31-11-10-28(37)14-33(31)39)52-35(45)30-12-24(15-40)7-9-27(30)17-51-53(46,47)48/h2-14,21-23,29,34H,17-20H2,1H3,(H2,46,47,48)/t23-,29?,34?,36-/m1/s1. The zero-order valence-electron chi connectivity index (χ0n) is 28.3. The first-order valence-corrected chi connectivity index (χ1v) is 18.4. The number of hydrogen-bond donors (Lipinski definition) is 2. The zero-order chi connectivity index (χ0) is 38.9. The SMILES string of the molecule is C[C@@H](SC1COC(C=CC=Cc2ccc(C#N)cc2F)OC1)[C@@](Cn1cncn1)(OC(=O)c1cc(C#N)ccc1COP(=O)(O)O)c1ccc(F)cc1F. The van der Waals surface area contributed by atoms with Crippen molar-refractivity contribution in [3.63, 3.8) is 0 Å². The van der Waals surface area contributed by atoms with Crippen molar-refractivity contribution in [1.82, 2.24) is 14.8 Å². The number of nitrogens with zero attached hydrogens (tertiary/aromatic N) is 5. The van der Waals surface area contributed by atoms with E-state index in [0.29, 0.717) is 6.07 Å². The van der Waals surface area contributed by atoms with Gasteiger partial charge >= 0.3 is 13.8 Å². The van der Waals surface area contributed by atoms with Crippen LogP contribution in [0.5, 0.6) is 0 Å². The molecule has 0 amide bonds. The molecular weight excluding hydrogens is 750 g/mol. The molecule has 5 rings (SSSR count). The number of benzene rings is 3. The Labute approximate surface area is 311 Å². The highest BCUT2D eigenvalue weighted by molar-refractivity contribution is 8.00. The summed E-state index contributed by atoms with van der Waals surface area (Å²) in [5, 5.41) is 21.3. The fourth-order valence-corrected chi connectivity index (χ4v) is 7.13. The Morgan fingerprint density at radius 2 is 1.80 bits per heavy atom. The number of esters is 1. The molecule has 0 aliphatic carbocycles. The molecule has 2 N–H and O–H groups in total. The molecule has 2 heterocycles. The molecule has 1 aliphatic rings. The Hall–Kier alpha value is -5.10. The highest BCUT2D eigenvalue weighted by Crippen LogP contribution is 2.43. The maximum Gasteiger partial charge on any atom is 0.469 e. The van der Waals surface area contributed by atoms with Crippen molar-refractivity contribution in [2.24, 2.45) is 0 Å². The van der Waals surface area contributed by atoms with Gasteiger partial charge in [-0.15, -0.1) is 11.8 Å². The van der Waals surface area contributed by atoms with Gasteiger partial charge in [0.25, 0.3) is 0 Å². The molecule has 1 aromatic heterocycles. The molecule has 280 valence electrons. The van der Waals surface area contributed by atoms with Crippen molar-refractivity contribution in [2.75, 3.05) is 13.2 Å². The van der Waals surface area contributed by atoms with E-state index < -0.39 is 60.2 Å². The lowest BCUT2D eigenvalue weighted by atomic mass is 9.89. The summed E-state index contributed by atoms with van der Waals surface area (Å²) in [5.41, 5.74) is -2.02. The second-order valence-corrected chi connectivity index (χ2v) is 14.7. The number of phosphoric ester groups is 1. The lowest BCUT2D eigenvalue weighted by Crippen LogP contribution is -2.47. The van der Waals surface area contributed by atoms with E-state index >= 15 is 4.39 Å². The number of carbonyl (C=O) groups excluding carboxylic acids is 1. The molecule has 0 saturated carbocycles. The molecule has 18 heteroatoms. The topological polar surface area (TPSA) is 190 Å². The summed E-state index contributed by atoms with van der Waals surface area (Å²) in [6.45, 7) is 0.852. The van der Waals surface area contributed by atoms with Gasteiger partial charge in [0.05, 0.1) is 60.4 Å². The van der Waals surface area contributed by atoms with Crippen molar-refractivity contribution < 1.29 is 51.1 Å². The normalized spacial score (nSPS) is 17.9. The first kappa shape index (κ1) is 40.1. The number of allylic oxidation sites excluding steroid dienone is 2. The fraction of sp³-hybridized carbons (Fsp3) is 0.250. The number of thioether (sulfide) groups is 1. The van der Waals surface area contributed by atoms with Crippen molar-refractivity contribution in [3.05, 3.63) is 136 Å². The van der Waals surface area contributed by atoms with E-state index in [1.54, 1.807) is 25.2 Å². The maximum absolute atomic E-state index is 15.8. The summed E-state index contributed by atoms with van der Waals surface area (Å²) in [7, 11) is -4.98. The molecular formula is C36H31F3N5O8PS. The minimum atomic E-state index is -4.98. The molecule has 2 atom stereocenters. The Balaban J connectivity index is 1.41. The number of rotatable bonds is 14.